The SMILES string of the molecule is O=C(Oc1ccc(N2CCCC2=O)cc1)c1ccncc1. The number of carbonyl (C=O) groups is 2. The Labute approximate surface area is 122 Å². The molecule has 2 aromatic rings. The van der Waals surface area contributed by atoms with Crippen LogP contribution in [-0.2, 0) is 4.79 Å². The first-order chi connectivity index (χ1) is 10.2. The summed E-state index contributed by atoms with van der Waals surface area (Å²) in [6, 6.07) is 10.2. The topological polar surface area (TPSA) is 59.5 Å². The zero-order chi connectivity index (χ0) is 14.7. The maximum Gasteiger partial charge on any atom is 0.343 e. The average molecular weight is 282 g/mol. The summed E-state index contributed by atoms with van der Waals surface area (Å²) in [4.78, 5) is 29.1. The Kier molecular flexibility index (Phi) is 3.64. The van der Waals surface area contributed by atoms with Crippen LogP contribution in [0, 0.1) is 0 Å². The second kappa shape index (κ2) is 5.75. The Morgan fingerprint density at radius 2 is 1.81 bits per heavy atom. The number of nitrogens with zero attached hydrogens (tertiary/aromatic N) is 2. The monoisotopic (exact) mass is 282 g/mol. The van der Waals surface area contributed by atoms with Crippen LogP contribution in [0.3, 0.4) is 0 Å². The third kappa shape index (κ3) is 2.91. The molecule has 21 heavy (non-hydrogen) atoms. The Morgan fingerprint density at radius 1 is 1.10 bits per heavy atom. The predicted molar refractivity (Wildman–Crippen MR) is 77.2 cm³/mol. The van der Waals surface area contributed by atoms with Crippen molar-refractivity contribution in [1.82, 2.24) is 4.98 Å². The summed E-state index contributed by atoms with van der Waals surface area (Å²) in [6.07, 6.45) is 4.56. The predicted octanol–water partition coefficient (Wildman–Crippen LogP) is 2.43. The first-order valence-corrected chi connectivity index (χ1v) is 6.77. The van der Waals surface area contributed by atoms with Crippen molar-refractivity contribution in [1.29, 1.82) is 0 Å². The minimum atomic E-state index is -0.428. The summed E-state index contributed by atoms with van der Waals surface area (Å²) in [5.41, 5.74) is 1.28. The highest BCUT2D eigenvalue weighted by Gasteiger charge is 2.21. The molecule has 3 rings (SSSR count). The number of anilines is 1. The molecule has 5 heteroatoms. The molecule has 0 bridgehead atoms. The lowest BCUT2D eigenvalue weighted by Gasteiger charge is -2.15. The van der Waals surface area contributed by atoms with Gasteiger partial charge in [-0.3, -0.25) is 9.78 Å². The van der Waals surface area contributed by atoms with Gasteiger partial charge in [0.15, 0.2) is 0 Å². The fourth-order valence-corrected chi connectivity index (χ4v) is 2.27. The van der Waals surface area contributed by atoms with Gasteiger partial charge < -0.3 is 9.64 Å². The third-order valence-electron chi connectivity index (χ3n) is 3.35. The highest BCUT2D eigenvalue weighted by atomic mass is 16.5. The third-order valence-corrected chi connectivity index (χ3v) is 3.35. The van der Waals surface area contributed by atoms with Crippen LogP contribution in [0.25, 0.3) is 0 Å². The highest BCUT2D eigenvalue weighted by Crippen LogP contribution is 2.24. The summed E-state index contributed by atoms with van der Waals surface area (Å²) >= 11 is 0. The van der Waals surface area contributed by atoms with Crippen LogP contribution in [0.2, 0.25) is 0 Å². The molecule has 0 saturated carbocycles. The average Bonchev–Trinajstić information content (AvgIpc) is 2.95. The molecule has 0 radical (unpaired) electrons. The van der Waals surface area contributed by atoms with E-state index >= 15 is 0 Å². The molecule has 2 heterocycles. The van der Waals surface area contributed by atoms with Crippen LogP contribution in [0.5, 0.6) is 5.75 Å². The zero-order valence-electron chi connectivity index (χ0n) is 11.4. The second-order valence-electron chi connectivity index (χ2n) is 4.77. The van der Waals surface area contributed by atoms with E-state index in [0.717, 1.165) is 18.7 Å². The Hall–Kier alpha value is -2.69. The van der Waals surface area contributed by atoms with Gasteiger partial charge in [0, 0.05) is 31.0 Å². The van der Waals surface area contributed by atoms with E-state index in [4.69, 9.17) is 4.74 Å². The number of aromatic nitrogens is 1. The molecular weight excluding hydrogens is 268 g/mol. The van der Waals surface area contributed by atoms with Crippen molar-refractivity contribution >= 4 is 17.6 Å². The van der Waals surface area contributed by atoms with Crippen LogP contribution in [0.1, 0.15) is 23.2 Å². The molecule has 0 atom stereocenters. The van der Waals surface area contributed by atoms with Crippen LogP contribution >= 0.6 is 0 Å². The van der Waals surface area contributed by atoms with Gasteiger partial charge >= 0.3 is 5.97 Å². The lowest BCUT2D eigenvalue weighted by atomic mass is 10.2. The number of benzene rings is 1. The summed E-state index contributed by atoms with van der Waals surface area (Å²) in [5.74, 6) is 0.158. The molecule has 1 fully saturated rings. The van der Waals surface area contributed by atoms with E-state index in [1.807, 2.05) is 0 Å². The van der Waals surface area contributed by atoms with E-state index in [0.29, 0.717) is 17.7 Å². The number of ether oxygens (including phenoxy) is 1. The summed E-state index contributed by atoms with van der Waals surface area (Å²) in [6.45, 7) is 0.745. The molecule has 1 saturated heterocycles. The number of pyridine rings is 1. The van der Waals surface area contributed by atoms with Gasteiger partial charge in [-0.25, -0.2) is 4.79 Å². The normalized spacial score (nSPS) is 14.3. The number of carbonyl (C=O) groups excluding carboxylic acids is 2. The number of hydrogen-bond acceptors (Lipinski definition) is 4. The zero-order valence-corrected chi connectivity index (χ0v) is 11.4. The molecule has 1 aliphatic rings. The van der Waals surface area contributed by atoms with Gasteiger partial charge in [0.25, 0.3) is 0 Å². The fraction of sp³-hybridized carbons (Fsp3) is 0.188. The molecular formula is C16H14N2O3. The van der Waals surface area contributed by atoms with Crippen LogP contribution in [0.4, 0.5) is 5.69 Å². The maximum absolute atomic E-state index is 11.9. The minimum absolute atomic E-state index is 0.136. The van der Waals surface area contributed by atoms with Gasteiger partial charge in [-0.15, -0.1) is 0 Å². The molecule has 106 valence electrons. The Bertz CT molecular complexity index is 653. The molecule has 0 spiro atoms. The van der Waals surface area contributed by atoms with Crippen molar-refractivity contribution in [3.8, 4) is 5.75 Å². The lowest BCUT2D eigenvalue weighted by molar-refractivity contribution is -0.117. The van der Waals surface area contributed by atoms with Crippen molar-refractivity contribution in [3.63, 3.8) is 0 Å². The minimum Gasteiger partial charge on any atom is -0.423 e. The largest absolute Gasteiger partial charge is 0.423 e. The van der Waals surface area contributed by atoms with Crippen LogP contribution < -0.4 is 9.64 Å². The van der Waals surface area contributed by atoms with Crippen LogP contribution in [-0.4, -0.2) is 23.4 Å². The molecule has 0 unspecified atom stereocenters. The Morgan fingerprint density at radius 3 is 2.43 bits per heavy atom. The summed E-state index contributed by atoms with van der Waals surface area (Å²) in [5, 5.41) is 0. The van der Waals surface area contributed by atoms with Gasteiger partial charge in [-0.05, 0) is 42.8 Å². The van der Waals surface area contributed by atoms with Gasteiger partial charge in [0.2, 0.25) is 5.91 Å². The van der Waals surface area contributed by atoms with Gasteiger partial charge in [0.05, 0.1) is 5.56 Å². The number of esters is 1. The standard InChI is InChI=1S/C16H14N2O3/c19-15-2-1-11-18(15)13-3-5-14(6-4-13)21-16(20)12-7-9-17-10-8-12/h3-10H,1-2,11H2. The van der Waals surface area contributed by atoms with Gasteiger partial charge in [-0.1, -0.05) is 0 Å². The highest BCUT2D eigenvalue weighted by molar-refractivity contribution is 5.95. The lowest BCUT2D eigenvalue weighted by Crippen LogP contribution is -2.23. The van der Waals surface area contributed by atoms with E-state index in [1.54, 1.807) is 53.7 Å². The quantitative estimate of drug-likeness (QED) is 0.641. The van der Waals surface area contributed by atoms with Crippen molar-refractivity contribution in [2.24, 2.45) is 0 Å². The smallest absolute Gasteiger partial charge is 0.343 e. The van der Waals surface area contributed by atoms with E-state index in [2.05, 4.69) is 4.98 Å². The molecule has 0 N–H and O–H groups in total. The van der Waals surface area contributed by atoms with Crippen molar-refractivity contribution < 1.29 is 14.3 Å². The molecule has 1 aliphatic heterocycles. The van der Waals surface area contributed by atoms with E-state index in [9.17, 15) is 9.59 Å². The second-order valence-corrected chi connectivity index (χ2v) is 4.77. The molecule has 5 nitrogen and oxygen atoms in total. The van der Waals surface area contributed by atoms with Crippen molar-refractivity contribution in [2.75, 3.05) is 11.4 Å². The molecule has 1 amide bonds. The van der Waals surface area contributed by atoms with E-state index in [1.165, 1.54) is 0 Å². The number of amides is 1. The summed E-state index contributed by atoms with van der Waals surface area (Å²) in [7, 11) is 0. The van der Waals surface area contributed by atoms with Crippen LogP contribution in [0.15, 0.2) is 48.8 Å². The molecule has 1 aromatic heterocycles. The maximum atomic E-state index is 11.9. The van der Waals surface area contributed by atoms with Gasteiger partial charge in [0.1, 0.15) is 5.75 Å². The first-order valence-electron chi connectivity index (χ1n) is 6.77. The van der Waals surface area contributed by atoms with E-state index < -0.39 is 5.97 Å². The number of rotatable bonds is 3. The molecule has 1 aromatic carbocycles. The fourth-order valence-electron chi connectivity index (χ4n) is 2.27. The van der Waals surface area contributed by atoms with Gasteiger partial charge in [-0.2, -0.15) is 0 Å². The summed E-state index contributed by atoms with van der Waals surface area (Å²) < 4.78 is 5.27. The first kappa shape index (κ1) is 13.3. The number of hydrogen-bond donors (Lipinski definition) is 0. The molecule has 0 aliphatic carbocycles. The Balaban J connectivity index is 1.70. The van der Waals surface area contributed by atoms with Crippen molar-refractivity contribution in [2.45, 2.75) is 12.8 Å². The van der Waals surface area contributed by atoms with E-state index in [-0.39, 0.29) is 5.91 Å². The van der Waals surface area contributed by atoms with Crippen molar-refractivity contribution in [3.05, 3.63) is 54.4 Å².